The van der Waals surface area contributed by atoms with Crippen LogP contribution < -0.4 is 5.73 Å². The van der Waals surface area contributed by atoms with Crippen LogP contribution in [0.15, 0.2) is 66.7 Å². The summed E-state index contributed by atoms with van der Waals surface area (Å²) in [5.41, 5.74) is 8.28. The van der Waals surface area contributed by atoms with Crippen LogP contribution in [-0.2, 0) is 17.6 Å². The molecule has 3 nitrogen and oxygen atoms in total. The molecule has 0 bridgehead atoms. The zero-order valence-electron chi connectivity index (χ0n) is 12.8. The molecule has 3 aromatic rings. The maximum absolute atomic E-state index is 12.2. The predicted molar refractivity (Wildman–Crippen MR) is 93.8 cm³/mol. The van der Waals surface area contributed by atoms with Gasteiger partial charge in [-0.2, -0.15) is 0 Å². The van der Waals surface area contributed by atoms with Gasteiger partial charge in [-0.05, 0) is 28.0 Å². The summed E-state index contributed by atoms with van der Waals surface area (Å²) in [6, 6.07) is 21.4. The number of nitrogen functional groups attached to an aromatic ring is 1. The van der Waals surface area contributed by atoms with Gasteiger partial charge in [0.1, 0.15) is 11.6 Å². The van der Waals surface area contributed by atoms with Crippen LogP contribution >= 0.6 is 0 Å². The third-order valence-corrected chi connectivity index (χ3v) is 3.86. The molecule has 0 aromatic heterocycles. The largest absolute Gasteiger partial charge is 0.384 e. The highest BCUT2D eigenvalue weighted by Gasteiger charge is 2.06. The van der Waals surface area contributed by atoms with E-state index in [0.29, 0.717) is 18.4 Å². The van der Waals surface area contributed by atoms with Gasteiger partial charge in [0.2, 0.25) is 0 Å². The van der Waals surface area contributed by atoms with E-state index in [1.54, 1.807) is 0 Å². The van der Waals surface area contributed by atoms with Gasteiger partial charge in [-0.3, -0.25) is 10.2 Å². The molecular formula is C20H18N2O. The fourth-order valence-corrected chi connectivity index (χ4v) is 2.69. The van der Waals surface area contributed by atoms with Gasteiger partial charge in [-0.25, -0.2) is 0 Å². The predicted octanol–water partition coefficient (Wildman–Crippen LogP) is 3.48. The minimum atomic E-state index is 0.0639. The normalized spacial score (nSPS) is 10.6. The first kappa shape index (κ1) is 15.0. The van der Waals surface area contributed by atoms with Crippen molar-refractivity contribution in [2.24, 2.45) is 5.73 Å². The second-order valence-electron chi connectivity index (χ2n) is 5.69. The van der Waals surface area contributed by atoms with Gasteiger partial charge >= 0.3 is 0 Å². The van der Waals surface area contributed by atoms with Crippen LogP contribution in [0.3, 0.4) is 0 Å². The minimum absolute atomic E-state index is 0.0639. The quantitative estimate of drug-likeness (QED) is 0.559. The van der Waals surface area contributed by atoms with Crippen molar-refractivity contribution in [3.63, 3.8) is 0 Å². The number of nitrogens with two attached hydrogens (primary N) is 1. The topological polar surface area (TPSA) is 66.9 Å². The Morgan fingerprint density at radius 1 is 0.826 bits per heavy atom. The highest BCUT2D eigenvalue weighted by atomic mass is 16.1. The molecule has 0 radical (unpaired) electrons. The number of carbonyl (C=O) groups excluding carboxylic acids is 1. The summed E-state index contributed by atoms with van der Waals surface area (Å²) < 4.78 is 0. The van der Waals surface area contributed by atoms with E-state index in [1.807, 2.05) is 66.7 Å². The molecule has 0 saturated carbocycles. The molecule has 114 valence electrons. The molecule has 0 atom stereocenters. The molecule has 3 N–H and O–H groups in total. The Bertz CT molecular complexity index is 869. The van der Waals surface area contributed by atoms with Crippen LogP contribution in [0.4, 0.5) is 0 Å². The first-order valence-corrected chi connectivity index (χ1v) is 7.54. The van der Waals surface area contributed by atoms with E-state index in [1.165, 1.54) is 0 Å². The Kier molecular flexibility index (Phi) is 4.20. The summed E-state index contributed by atoms with van der Waals surface area (Å²) in [5, 5.41) is 9.57. The summed E-state index contributed by atoms with van der Waals surface area (Å²) >= 11 is 0. The molecule has 3 rings (SSSR count). The summed E-state index contributed by atoms with van der Waals surface area (Å²) in [6.45, 7) is 0. The van der Waals surface area contributed by atoms with Crippen molar-refractivity contribution in [3.05, 3.63) is 83.4 Å². The van der Waals surface area contributed by atoms with E-state index in [9.17, 15) is 4.79 Å². The van der Waals surface area contributed by atoms with Gasteiger partial charge in [-0.15, -0.1) is 0 Å². The molecule has 23 heavy (non-hydrogen) atoms. The number of fused-ring (bicyclic) bond motifs is 1. The standard InChI is InChI=1S/C20H18N2O/c21-20(22)18-9-8-16-10-15(6-7-17(16)13-18)12-19(23)11-14-4-2-1-3-5-14/h1-10,13H,11-12H2,(H3,21,22). The number of ketones is 1. The zero-order chi connectivity index (χ0) is 16.2. The maximum atomic E-state index is 12.2. The van der Waals surface area contributed by atoms with Crippen molar-refractivity contribution < 1.29 is 4.79 Å². The third-order valence-electron chi connectivity index (χ3n) is 3.86. The Hall–Kier alpha value is -2.94. The molecule has 0 aliphatic carbocycles. The molecule has 0 amide bonds. The number of hydrogen-bond donors (Lipinski definition) is 2. The lowest BCUT2D eigenvalue weighted by molar-refractivity contribution is -0.117. The number of hydrogen-bond acceptors (Lipinski definition) is 2. The van der Waals surface area contributed by atoms with E-state index >= 15 is 0 Å². The van der Waals surface area contributed by atoms with E-state index in [-0.39, 0.29) is 11.6 Å². The second-order valence-corrected chi connectivity index (χ2v) is 5.69. The van der Waals surface area contributed by atoms with Gasteiger partial charge < -0.3 is 5.73 Å². The molecule has 0 unspecified atom stereocenters. The molecule has 3 aromatic carbocycles. The minimum Gasteiger partial charge on any atom is -0.384 e. The summed E-state index contributed by atoms with van der Waals surface area (Å²) in [5.74, 6) is 0.268. The van der Waals surface area contributed by atoms with Gasteiger partial charge in [-0.1, -0.05) is 60.7 Å². The number of amidine groups is 1. The summed E-state index contributed by atoms with van der Waals surface area (Å²) in [7, 11) is 0. The van der Waals surface area contributed by atoms with E-state index in [4.69, 9.17) is 11.1 Å². The Morgan fingerprint density at radius 2 is 1.48 bits per heavy atom. The van der Waals surface area contributed by atoms with Crippen molar-refractivity contribution in [2.75, 3.05) is 0 Å². The van der Waals surface area contributed by atoms with E-state index in [2.05, 4.69) is 0 Å². The molecule has 0 aliphatic heterocycles. The van der Waals surface area contributed by atoms with Crippen LogP contribution in [0.5, 0.6) is 0 Å². The van der Waals surface area contributed by atoms with Gasteiger partial charge in [0.15, 0.2) is 0 Å². The molecule has 0 saturated heterocycles. The number of rotatable bonds is 5. The van der Waals surface area contributed by atoms with Crippen molar-refractivity contribution >= 4 is 22.4 Å². The smallest absolute Gasteiger partial charge is 0.141 e. The number of Topliss-reactive ketones (excluding diaryl/α,β-unsaturated/α-hetero) is 1. The first-order valence-electron chi connectivity index (χ1n) is 7.54. The monoisotopic (exact) mass is 302 g/mol. The van der Waals surface area contributed by atoms with Crippen molar-refractivity contribution in [1.29, 1.82) is 5.41 Å². The van der Waals surface area contributed by atoms with Crippen molar-refractivity contribution in [2.45, 2.75) is 12.8 Å². The lowest BCUT2D eigenvalue weighted by Crippen LogP contribution is -2.10. The molecule has 0 aliphatic rings. The number of nitrogens with one attached hydrogen (secondary N) is 1. The summed E-state index contributed by atoms with van der Waals surface area (Å²) in [6.07, 6.45) is 0.890. The SMILES string of the molecule is N=C(N)c1ccc2cc(CC(=O)Cc3ccccc3)ccc2c1. The van der Waals surface area contributed by atoms with E-state index < -0.39 is 0 Å². The van der Waals surface area contributed by atoms with Crippen molar-refractivity contribution in [1.82, 2.24) is 0 Å². The molecular weight excluding hydrogens is 284 g/mol. The lowest BCUT2D eigenvalue weighted by atomic mass is 9.99. The highest BCUT2D eigenvalue weighted by molar-refractivity contribution is 5.99. The second kappa shape index (κ2) is 6.44. The first-order chi connectivity index (χ1) is 11.1. The third kappa shape index (κ3) is 3.64. The molecule has 0 heterocycles. The fourth-order valence-electron chi connectivity index (χ4n) is 2.69. The Balaban J connectivity index is 1.77. The van der Waals surface area contributed by atoms with Gasteiger partial charge in [0.05, 0.1) is 0 Å². The van der Waals surface area contributed by atoms with Crippen LogP contribution in [0.2, 0.25) is 0 Å². The highest BCUT2D eigenvalue weighted by Crippen LogP contribution is 2.18. The zero-order valence-corrected chi connectivity index (χ0v) is 12.8. The Morgan fingerprint density at radius 3 is 2.22 bits per heavy atom. The molecule has 0 fully saturated rings. The maximum Gasteiger partial charge on any atom is 0.141 e. The van der Waals surface area contributed by atoms with Crippen LogP contribution in [0.25, 0.3) is 10.8 Å². The fraction of sp³-hybridized carbons (Fsp3) is 0.100. The number of carbonyl (C=O) groups is 1. The summed E-state index contributed by atoms with van der Waals surface area (Å²) in [4.78, 5) is 12.2. The average Bonchev–Trinajstić information content (AvgIpc) is 2.55. The average molecular weight is 302 g/mol. The van der Waals surface area contributed by atoms with Gasteiger partial charge in [0.25, 0.3) is 0 Å². The molecule has 0 spiro atoms. The number of benzene rings is 3. The Labute approximate surface area is 135 Å². The molecule has 3 heteroatoms. The lowest BCUT2D eigenvalue weighted by Gasteiger charge is -2.06. The van der Waals surface area contributed by atoms with Gasteiger partial charge in [0, 0.05) is 18.4 Å². The van der Waals surface area contributed by atoms with Crippen LogP contribution in [0.1, 0.15) is 16.7 Å². The van der Waals surface area contributed by atoms with Crippen LogP contribution in [0, 0.1) is 5.41 Å². The van der Waals surface area contributed by atoms with Crippen molar-refractivity contribution in [3.8, 4) is 0 Å². The van der Waals surface area contributed by atoms with E-state index in [0.717, 1.165) is 21.9 Å². The van der Waals surface area contributed by atoms with Crippen LogP contribution in [-0.4, -0.2) is 11.6 Å².